The summed E-state index contributed by atoms with van der Waals surface area (Å²) in [6.07, 6.45) is 1.65. The van der Waals surface area contributed by atoms with E-state index in [1.54, 1.807) is 24.3 Å². The molecule has 1 aliphatic heterocycles. The van der Waals surface area contributed by atoms with Gasteiger partial charge >= 0.3 is 0 Å². The number of piperidine rings is 1. The molecule has 2 unspecified atom stereocenters. The van der Waals surface area contributed by atoms with E-state index in [0.717, 1.165) is 13.0 Å². The number of nitrogens with one attached hydrogen (secondary N) is 1. The molecule has 3 rings (SSSR count). The largest absolute Gasteiger partial charge is 0.315 e. The van der Waals surface area contributed by atoms with E-state index in [-0.39, 0.29) is 17.7 Å². The van der Waals surface area contributed by atoms with Gasteiger partial charge in [-0.25, -0.2) is 9.29 Å². The van der Waals surface area contributed by atoms with Crippen LogP contribution in [0.2, 0.25) is 0 Å². The molecule has 0 bridgehead atoms. The molecule has 1 heterocycles. The first-order chi connectivity index (χ1) is 14.4. The Morgan fingerprint density at radius 1 is 1.07 bits per heavy atom. The van der Waals surface area contributed by atoms with Crippen molar-refractivity contribution in [2.75, 3.05) is 24.7 Å². The third kappa shape index (κ3) is 4.78. The summed E-state index contributed by atoms with van der Waals surface area (Å²) in [6, 6.07) is 17.4. The van der Waals surface area contributed by atoms with Gasteiger partial charge in [0.1, 0.15) is 6.67 Å². The van der Waals surface area contributed by atoms with Crippen LogP contribution in [0.25, 0.3) is 0 Å². The Morgan fingerprint density at radius 3 is 2.33 bits per heavy atom. The van der Waals surface area contributed by atoms with E-state index in [0.29, 0.717) is 18.7 Å². The van der Waals surface area contributed by atoms with E-state index in [1.807, 2.05) is 6.07 Å². The average molecular weight is 411 g/mol. The first-order valence-electron chi connectivity index (χ1n) is 10.7. The maximum absolute atomic E-state index is 13.6. The number of carbonyl (C=O) groups is 2. The highest BCUT2D eigenvalue weighted by molar-refractivity contribution is 6.17. The van der Waals surface area contributed by atoms with Crippen LogP contribution in [-0.4, -0.2) is 31.6 Å². The SMILES string of the molecule is CCc1ccc(C2CNCC(C(=O)N(C(=O)C(C)(C)CF)c3ccccc3)C2)cc1. The predicted molar refractivity (Wildman–Crippen MR) is 118 cm³/mol. The van der Waals surface area contributed by atoms with Gasteiger partial charge in [-0.15, -0.1) is 0 Å². The minimum absolute atomic E-state index is 0.195. The van der Waals surface area contributed by atoms with E-state index >= 15 is 0 Å². The lowest BCUT2D eigenvalue weighted by Gasteiger charge is -2.35. The molecule has 2 aromatic carbocycles. The van der Waals surface area contributed by atoms with E-state index in [2.05, 4.69) is 36.5 Å². The Hall–Kier alpha value is -2.53. The zero-order chi connectivity index (χ0) is 21.7. The third-order valence-electron chi connectivity index (χ3n) is 5.91. The van der Waals surface area contributed by atoms with Crippen molar-refractivity contribution in [2.24, 2.45) is 11.3 Å². The molecule has 1 aliphatic rings. The van der Waals surface area contributed by atoms with Gasteiger partial charge in [0.05, 0.1) is 17.0 Å². The zero-order valence-corrected chi connectivity index (χ0v) is 18.0. The average Bonchev–Trinajstić information content (AvgIpc) is 2.80. The minimum atomic E-state index is -1.26. The smallest absolute Gasteiger partial charge is 0.242 e. The second-order valence-electron chi connectivity index (χ2n) is 8.71. The maximum Gasteiger partial charge on any atom is 0.242 e. The number of benzene rings is 2. The molecule has 5 heteroatoms. The van der Waals surface area contributed by atoms with Crippen LogP contribution in [0.4, 0.5) is 10.1 Å². The van der Waals surface area contributed by atoms with Gasteiger partial charge in [0, 0.05) is 13.1 Å². The summed E-state index contributed by atoms with van der Waals surface area (Å²) in [5.74, 6) is -0.930. The lowest BCUT2D eigenvalue weighted by molar-refractivity contribution is -0.134. The molecular weight excluding hydrogens is 379 g/mol. The molecule has 0 radical (unpaired) electrons. The number of hydrogen-bond donors (Lipinski definition) is 1. The first kappa shape index (κ1) is 22.2. The fraction of sp³-hybridized carbons (Fsp3) is 0.440. The number of anilines is 1. The number of para-hydroxylation sites is 1. The van der Waals surface area contributed by atoms with Gasteiger partial charge in [-0.3, -0.25) is 9.59 Å². The molecule has 0 spiro atoms. The van der Waals surface area contributed by atoms with Gasteiger partial charge in [-0.2, -0.15) is 0 Å². The number of hydrogen-bond acceptors (Lipinski definition) is 3. The fourth-order valence-corrected chi connectivity index (χ4v) is 3.87. The van der Waals surface area contributed by atoms with Crippen LogP contribution >= 0.6 is 0 Å². The fourth-order valence-electron chi connectivity index (χ4n) is 3.87. The van der Waals surface area contributed by atoms with Gasteiger partial charge < -0.3 is 5.32 Å². The van der Waals surface area contributed by atoms with Crippen molar-refractivity contribution in [3.05, 3.63) is 65.7 Å². The standard InChI is InChI=1S/C25H31FN2O2/c1-4-18-10-12-19(13-11-18)20-14-21(16-27-15-20)23(29)28(22-8-6-5-7-9-22)24(30)25(2,3)17-26/h5-13,20-21,27H,4,14-17H2,1-3H3. The van der Waals surface area contributed by atoms with Crippen LogP contribution in [0.5, 0.6) is 0 Å². The lowest BCUT2D eigenvalue weighted by atomic mass is 9.84. The normalized spacial score (nSPS) is 19.3. The Kier molecular flexibility index (Phi) is 7.03. The quantitative estimate of drug-likeness (QED) is 0.763. The number of nitrogens with zero attached hydrogens (tertiary/aromatic N) is 1. The number of aryl methyl sites for hydroxylation is 1. The van der Waals surface area contributed by atoms with Gasteiger partial charge in [0.15, 0.2) is 0 Å². The summed E-state index contributed by atoms with van der Waals surface area (Å²) in [6.45, 7) is 5.68. The molecule has 1 fully saturated rings. The van der Waals surface area contributed by atoms with Crippen molar-refractivity contribution in [1.29, 1.82) is 0 Å². The van der Waals surface area contributed by atoms with Crippen molar-refractivity contribution < 1.29 is 14.0 Å². The van der Waals surface area contributed by atoms with Crippen LogP contribution in [0.1, 0.15) is 44.2 Å². The van der Waals surface area contributed by atoms with Crippen molar-refractivity contribution in [1.82, 2.24) is 5.32 Å². The number of halogens is 1. The van der Waals surface area contributed by atoms with Crippen molar-refractivity contribution in [2.45, 2.75) is 39.5 Å². The highest BCUT2D eigenvalue weighted by Crippen LogP contribution is 2.31. The summed E-state index contributed by atoms with van der Waals surface area (Å²) in [4.78, 5) is 27.9. The molecular formula is C25H31FN2O2. The second-order valence-corrected chi connectivity index (χ2v) is 8.71. The highest BCUT2D eigenvalue weighted by Gasteiger charge is 2.40. The Labute approximate surface area is 178 Å². The summed E-state index contributed by atoms with van der Waals surface area (Å²) >= 11 is 0. The van der Waals surface area contributed by atoms with E-state index < -0.39 is 18.0 Å². The van der Waals surface area contributed by atoms with E-state index in [1.165, 1.54) is 29.9 Å². The minimum Gasteiger partial charge on any atom is -0.315 e. The Balaban J connectivity index is 1.85. The highest BCUT2D eigenvalue weighted by atomic mass is 19.1. The van der Waals surface area contributed by atoms with Crippen molar-refractivity contribution >= 4 is 17.5 Å². The summed E-state index contributed by atoms with van der Waals surface area (Å²) in [7, 11) is 0. The summed E-state index contributed by atoms with van der Waals surface area (Å²) in [5.41, 5.74) is 1.70. The molecule has 0 aliphatic carbocycles. The van der Waals surface area contributed by atoms with E-state index in [9.17, 15) is 14.0 Å². The van der Waals surface area contributed by atoms with Gasteiger partial charge in [-0.1, -0.05) is 49.4 Å². The van der Waals surface area contributed by atoms with Crippen LogP contribution in [0.3, 0.4) is 0 Å². The molecule has 2 aromatic rings. The van der Waals surface area contributed by atoms with Crippen LogP contribution in [0.15, 0.2) is 54.6 Å². The number of rotatable bonds is 6. The first-order valence-corrected chi connectivity index (χ1v) is 10.7. The molecule has 1 saturated heterocycles. The maximum atomic E-state index is 13.6. The van der Waals surface area contributed by atoms with Gasteiger partial charge in [0.25, 0.3) is 0 Å². The predicted octanol–water partition coefficient (Wildman–Crippen LogP) is 4.50. The molecule has 4 nitrogen and oxygen atoms in total. The molecule has 2 atom stereocenters. The van der Waals surface area contributed by atoms with Crippen LogP contribution in [0, 0.1) is 11.3 Å². The third-order valence-corrected chi connectivity index (χ3v) is 5.91. The number of alkyl halides is 1. The molecule has 0 aromatic heterocycles. The van der Waals surface area contributed by atoms with E-state index in [4.69, 9.17) is 0 Å². The van der Waals surface area contributed by atoms with Crippen molar-refractivity contribution in [3.8, 4) is 0 Å². The topological polar surface area (TPSA) is 49.4 Å². The molecule has 1 N–H and O–H groups in total. The Bertz CT molecular complexity index is 864. The summed E-state index contributed by atoms with van der Waals surface area (Å²) < 4.78 is 13.6. The molecule has 2 amide bonds. The number of carbonyl (C=O) groups excluding carboxylic acids is 2. The van der Waals surface area contributed by atoms with Crippen molar-refractivity contribution in [3.63, 3.8) is 0 Å². The zero-order valence-electron chi connectivity index (χ0n) is 18.0. The molecule has 160 valence electrons. The van der Waals surface area contributed by atoms with Crippen LogP contribution in [-0.2, 0) is 16.0 Å². The monoisotopic (exact) mass is 410 g/mol. The lowest BCUT2D eigenvalue weighted by Crippen LogP contribution is -2.51. The van der Waals surface area contributed by atoms with Gasteiger partial charge in [-0.05, 0) is 55.9 Å². The second kappa shape index (κ2) is 9.52. The number of imide groups is 1. The summed E-state index contributed by atoms with van der Waals surface area (Å²) in [5, 5.41) is 3.36. The van der Waals surface area contributed by atoms with Gasteiger partial charge in [0.2, 0.25) is 11.8 Å². The van der Waals surface area contributed by atoms with Crippen LogP contribution < -0.4 is 10.2 Å². The molecule has 0 saturated carbocycles. The number of amides is 2. The molecule has 30 heavy (non-hydrogen) atoms. The Morgan fingerprint density at radius 2 is 1.73 bits per heavy atom.